The first-order chi connectivity index (χ1) is 10.4. The van der Waals surface area contributed by atoms with Crippen molar-refractivity contribution in [3.05, 3.63) is 65.0 Å². The number of hydrogen-bond acceptors (Lipinski definition) is 1. The van der Waals surface area contributed by atoms with Gasteiger partial charge in [-0.2, -0.15) is 0 Å². The van der Waals surface area contributed by atoms with Crippen LogP contribution in [0.25, 0.3) is 6.08 Å². The molecule has 0 heterocycles. The van der Waals surface area contributed by atoms with E-state index in [2.05, 4.69) is 20.8 Å². The summed E-state index contributed by atoms with van der Waals surface area (Å²) in [6.07, 6.45) is 10.3. The average molecular weight is 298 g/mol. The Hall–Kier alpha value is -1.96. The van der Waals surface area contributed by atoms with Crippen LogP contribution in [-0.2, 0) is 4.79 Å². The molecule has 22 heavy (non-hydrogen) atoms. The van der Waals surface area contributed by atoms with E-state index in [0.717, 1.165) is 18.4 Å². The summed E-state index contributed by atoms with van der Waals surface area (Å²) in [5, 5.41) is 0. The number of rotatable bonds is 4. The van der Waals surface area contributed by atoms with Crippen LogP contribution in [0.15, 0.2) is 53.6 Å². The summed E-state index contributed by atoms with van der Waals surface area (Å²) in [5.41, 5.74) is 3.61. The summed E-state index contributed by atoms with van der Waals surface area (Å²) in [5.74, 6) is -0.323. The van der Waals surface area contributed by atoms with Gasteiger partial charge in [-0.05, 0) is 67.0 Å². The molecule has 0 N–H and O–H groups in total. The Morgan fingerprint density at radius 2 is 1.77 bits per heavy atom. The number of carbonyl (C=O) groups is 1. The zero-order valence-electron chi connectivity index (χ0n) is 13.5. The van der Waals surface area contributed by atoms with Gasteiger partial charge in [0.05, 0.1) is 0 Å². The summed E-state index contributed by atoms with van der Waals surface area (Å²) >= 11 is 0. The molecule has 1 nitrogen and oxygen atoms in total. The van der Waals surface area contributed by atoms with Crippen LogP contribution in [0.4, 0.5) is 4.39 Å². The third-order valence-corrected chi connectivity index (χ3v) is 4.27. The maximum absolute atomic E-state index is 12.8. The smallest absolute Gasteiger partial charge is 0.178 e. The van der Waals surface area contributed by atoms with Gasteiger partial charge in [-0.15, -0.1) is 0 Å². The van der Waals surface area contributed by atoms with Crippen LogP contribution in [0, 0.1) is 11.2 Å². The lowest BCUT2D eigenvalue weighted by Gasteiger charge is -2.32. The molecule has 2 heteroatoms. The van der Waals surface area contributed by atoms with Crippen molar-refractivity contribution in [1.29, 1.82) is 0 Å². The predicted molar refractivity (Wildman–Crippen MR) is 89.9 cm³/mol. The molecule has 1 aromatic rings. The van der Waals surface area contributed by atoms with Gasteiger partial charge in [0, 0.05) is 0 Å². The van der Waals surface area contributed by atoms with Crippen LogP contribution >= 0.6 is 0 Å². The van der Waals surface area contributed by atoms with E-state index in [0.29, 0.717) is 0 Å². The Bertz CT molecular complexity index is 630. The van der Waals surface area contributed by atoms with Crippen LogP contribution < -0.4 is 0 Å². The van der Waals surface area contributed by atoms with Gasteiger partial charge in [0.1, 0.15) is 5.82 Å². The van der Waals surface area contributed by atoms with E-state index in [-0.39, 0.29) is 17.0 Å². The highest BCUT2D eigenvalue weighted by Gasteiger charge is 2.26. The first kappa shape index (κ1) is 16.4. The Morgan fingerprint density at radius 3 is 2.41 bits per heavy atom. The molecule has 0 saturated carbocycles. The van der Waals surface area contributed by atoms with Crippen molar-refractivity contribution in [3.8, 4) is 0 Å². The van der Waals surface area contributed by atoms with E-state index in [1.54, 1.807) is 24.3 Å². The quantitative estimate of drug-likeness (QED) is 0.672. The van der Waals surface area contributed by atoms with Crippen LogP contribution in [0.1, 0.15) is 45.6 Å². The van der Waals surface area contributed by atoms with Crippen molar-refractivity contribution >= 4 is 11.9 Å². The van der Waals surface area contributed by atoms with Crippen LogP contribution in [0.2, 0.25) is 0 Å². The first-order valence-electron chi connectivity index (χ1n) is 7.74. The highest BCUT2D eigenvalue weighted by atomic mass is 19.1. The van der Waals surface area contributed by atoms with E-state index >= 15 is 0 Å². The van der Waals surface area contributed by atoms with E-state index < -0.39 is 0 Å². The van der Waals surface area contributed by atoms with Gasteiger partial charge in [0.25, 0.3) is 0 Å². The minimum atomic E-state index is -0.273. The predicted octanol–water partition coefficient (Wildman–Crippen LogP) is 5.49. The molecular weight excluding hydrogens is 275 g/mol. The lowest BCUT2D eigenvalue weighted by Crippen LogP contribution is -2.19. The minimum Gasteiger partial charge on any atom is -0.290 e. The molecule has 0 aromatic heterocycles. The van der Waals surface area contributed by atoms with Gasteiger partial charge in [-0.3, -0.25) is 4.79 Å². The van der Waals surface area contributed by atoms with Gasteiger partial charge in [-0.1, -0.05) is 43.7 Å². The van der Waals surface area contributed by atoms with Crippen molar-refractivity contribution < 1.29 is 9.18 Å². The second kappa shape index (κ2) is 6.87. The van der Waals surface area contributed by atoms with Gasteiger partial charge < -0.3 is 0 Å². The molecule has 0 atom stereocenters. The highest BCUT2D eigenvalue weighted by Crippen LogP contribution is 2.40. The van der Waals surface area contributed by atoms with Crippen LogP contribution in [-0.4, -0.2) is 5.78 Å². The SMILES string of the molecule is CC1=C(/C=C/C(=O)/C=C/c2ccc(F)cc2)C(C)(C)CCC1. The Kier molecular flexibility index (Phi) is 5.12. The molecule has 0 saturated heterocycles. The van der Waals surface area contributed by atoms with Crippen molar-refractivity contribution in [1.82, 2.24) is 0 Å². The fourth-order valence-corrected chi connectivity index (χ4v) is 2.98. The second-order valence-corrected chi connectivity index (χ2v) is 6.55. The minimum absolute atomic E-state index is 0.0500. The largest absolute Gasteiger partial charge is 0.290 e. The van der Waals surface area contributed by atoms with Gasteiger partial charge in [0.2, 0.25) is 0 Å². The molecule has 0 fully saturated rings. The fraction of sp³-hybridized carbons (Fsp3) is 0.350. The standard InChI is InChI=1S/C20H23FO/c1-15-5-4-14-20(2,3)19(15)13-12-18(22)11-8-16-6-9-17(21)10-7-16/h6-13H,4-5,14H2,1-3H3/b11-8+,13-12+. The normalized spacial score (nSPS) is 18.4. The molecule has 116 valence electrons. The molecule has 0 spiro atoms. The van der Waals surface area contributed by atoms with E-state index in [1.807, 2.05) is 6.08 Å². The Labute approximate surface area is 132 Å². The highest BCUT2D eigenvalue weighted by molar-refractivity contribution is 6.02. The van der Waals surface area contributed by atoms with Crippen molar-refractivity contribution in [2.75, 3.05) is 0 Å². The first-order valence-corrected chi connectivity index (χ1v) is 7.74. The Morgan fingerprint density at radius 1 is 1.14 bits per heavy atom. The molecule has 1 aliphatic carbocycles. The molecule has 1 aliphatic rings. The maximum Gasteiger partial charge on any atom is 0.178 e. The fourth-order valence-electron chi connectivity index (χ4n) is 2.98. The zero-order chi connectivity index (χ0) is 16.2. The molecule has 1 aromatic carbocycles. The third kappa shape index (κ3) is 4.27. The number of carbonyl (C=O) groups excluding carboxylic acids is 1. The third-order valence-electron chi connectivity index (χ3n) is 4.27. The monoisotopic (exact) mass is 298 g/mol. The summed E-state index contributed by atoms with van der Waals surface area (Å²) in [7, 11) is 0. The van der Waals surface area contributed by atoms with Gasteiger partial charge >= 0.3 is 0 Å². The summed E-state index contributed by atoms with van der Waals surface area (Å²) in [6.45, 7) is 6.61. The molecule has 0 radical (unpaired) electrons. The summed E-state index contributed by atoms with van der Waals surface area (Å²) in [6, 6.07) is 6.08. The van der Waals surface area contributed by atoms with E-state index in [1.165, 1.54) is 35.8 Å². The zero-order valence-corrected chi connectivity index (χ0v) is 13.5. The van der Waals surface area contributed by atoms with Crippen molar-refractivity contribution in [2.24, 2.45) is 5.41 Å². The van der Waals surface area contributed by atoms with E-state index in [4.69, 9.17) is 0 Å². The summed E-state index contributed by atoms with van der Waals surface area (Å²) in [4.78, 5) is 12.0. The molecular formula is C20H23FO. The second-order valence-electron chi connectivity index (χ2n) is 6.55. The average Bonchev–Trinajstić information content (AvgIpc) is 2.45. The van der Waals surface area contributed by atoms with Crippen LogP contribution in [0.3, 0.4) is 0 Å². The van der Waals surface area contributed by atoms with Crippen molar-refractivity contribution in [2.45, 2.75) is 40.0 Å². The molecule has 2 rings (SSSR count). The lowest BCUT2D eigenvalue weighted by molar-refractivity contribution is -0.110. The molecule has 0 amide bonds. The molecule has 0 unspecified atom stereocenters. The van der Waals surface area contributed by atoms with E-state index in [9.17, 15) is 9.18 Å². The van der Waals surface area contributed by atoms with Gasteiger partial charge in [0.15, 0.2) is 5.78 Å². The topological polar surface area (TPSA) is 17.1 Å². The molecule has 0 bridgehead atoms. The van der Waals surface area contributed by atoms with Crippen LogP contribution in [0.5, 0.6) is 0 Å². The maximum atomic E-state index is 12.8. The lowest BCUT2D eigenvalue weighted by atomic mass is 9.72. The van der Waals surface area contributed by atoms with Crippen molar-refractivity contribution in [3.63, 3.8) is 0 Å². The summed E-state index contributed by atoms with van der Waals surface area (Å²) < 4.78 is 12.8. The number of allylic oxidation sites excluding steroid dienone is 5. The number of ketones is 1. The van der Waals surface area contributed by atoms with Gasteiger partial charge in [-0.25, -0.2) is 4.39 Å². The molecule has 0 aliphatic heterocycles. The number of halogens is 1. The number of benzene rings is 1. The Balaban J connectivity index is 2.06. The number of hydrogen-bond donors (Lipinski definition) is 0.